The fraction of sp³-hybridized carbons (Fsp3) is 0.429. The van der Waals surface area contributed by atoms with Crippen molar-refractivity contribution in [3.8, 4) is 6.07 Å². The number of amides is 1. The van der Waals surface area contributed by atoms with Crippen molar-refractivity contribution in [2.24, 2.45) is 5.41 Å². The molecular formula is C14H15ClN2O3S. The molecule has 0 heterocycles. The van der Waals surface area contributed by atoms with E-state index in [0.717, 1.165) is 12.0 Å². The van der Waals surface area contributed by atoms with E-state index in [2.05, 4.69) is 0 Å². The molecule has 0 spiro atoms. The van der Waals surface area contributed by atoms with Crippen LogP contribution in [0.25, 0.3) is 0 Å². The third-order valence-corrected chi connectivity index (χ3v) is 5.37. The lowest BCUT2D eigenvalue weighted by molar-refractivity contribution is 0.0981. The summed E-state index contributed by atoms with van der Waals surface area (Å²) < 4.78 is 26.1. The minimum atomic E-state index is -3.87. The second-order valence-corrected chi connectivity index (χ2v) is 7.55. The molecule has 1 aliphatic carbocycles. The van der Waals surface area contributed by atoms with Crippen LogP contribution in [0.15, 0.2) is 18.2 Å². The van der Waals surface area contributed by atoms with Crippen LogP contribution < -0.4 is 4.72 Å². The summed E-state index contributed by atoms with van der Waals surface area (Å²) in [5.74, 6) is -1.13. The van der Waals surface area contributed by atoms with Gasteiger partial charge in [-0.15, -0.1) is 0 Å². The summed E-state index contributed by atoms with van der Waals surface area (Å²) in [4.78, 5) is 12.0. The quantitative estimate of drug-likeness (QED) is 0.920. The highest BCUT2D eigenvalue weighted by atomic mass is 35.5. The van der Waals surface area contributed by atoms with Crippen molar-refractivity contribution in [2.45, 2.75) is 26.2 Å². The molecule has 1 aromatic carbocycles. The Hall–Kier alpha value is -1.58. The van der Waals surface area contributed by atoms with Crippen LogP contribution in [0.5, 0.6) is 0 Å². The van der Waals surface area contributed by atoms with Crippen LogP contribution in [0.4, 0.5) is 0 Å². The molecule has 1 aromatic rings. The van der Waals surface area contributed by atoms with Crippen LogP contribution in [-0.4, -0.2) is 20.1 Å². The Bertz CT molecular complexity index is 718. The summed E-state index contributed by atoms with van der Waals surface area (Å²) >= 11 is 5.94. The number of rotatable bonds is 4. The molecule has 1 amide bonds. The summed E-state index contributed by atoms with van der Waals surface area (Å²) in [5.41, 5.74) is 0.117. The van der Waals surface area contributed by atoms with E-state index in [0.29, 0.717) is 12.8 Å². The van der Waals surface area contributed by atoms with Crippen LogP contribution in [0.1, 0.15) is 35.2 Å². The van der Waals surface area contributed by atoms with Crippen molar-refractivity contribution in [1.29, 1.82) is 5.26 Å². The van der Waals surface area contributed by atoms with Crippen LogP contribution in [0.2, 0.25) is 5.02 Å². The first-order valence-electron chi connectivity index (χ1n) is 6.49. The number of aryl methyl sites for hydroxylation is 1. The SMILES string of the molecule is Cc1ccc(C(=O)NS(=O)(=O)CC2(C#N)CCC2)c(Cl)c1. The van der Waals surface area contributed by atoms with Crippen LogP contribution in [0, 0.1) is 23.7 Å². The number of hydrogen-bond acceptors (Lipinski definition) is 4. The normalized spacial score (nSPS) is 16.6. The van der Waals surface area contributed by atoms with Gasteiger partial charge in [-0.25, -0.2) is 13.1 Å². The van der Waals surface area contributed by atoms with E-state index in [9.17, 15) is 13.2 Å². The van der Waals surface area contributed by atoms with Gasteiger partial charge in [-0.1, -0.05) is 24.1 Å². The molecule has 1 saturated carbocycles. The number of hydrogen-bond donors (Lipinski definition) is 1. The average molecular weight is 327 g/mol. The van der Waals surface area contributed by atoms with Gasteiger partial charge in [-0.3, -0.25) is 4.79 Å². The fourth-order valence-electron chi connectivity index (χ4n) is 2.29. The smallest absolute Gasteiger partial charge is 0.266 e. The summed E-state index contributed by atoms with van der Waals surface area (Å²) in [6.07, 6.45) is 1.93. The van der Waals surface area contributed by atoms with Crippen molar-refractivity contribution in [3.63, 3.8) is 0 Å². The van der Waals surface area contributed by atoms with Gasteiger partial charge in [-0.05, 0) is 37.5 Å². The summed E-state index contributed by atoms with van der Waals surface area (Å²) in [6.45, 7) is 1.82. The van der Waals surface area contributed by atoms with E-state index in [1.807, 2.05) is 17.7 Å². The topological polar surface area (TPSA) is 87.0 Å². The number of sulfonamides is 1. The van der Waals surface area contributed by atoms with Gasteiger partial charge < -0.3 is 0 Å². The van der Waals surface area contributed by atoms with Gasteiger partial charge in [0.25, 0.3) is 5.91 Å². The third-order valence-electron chi connectivity index (χ3n) is 3.63. The highest BCUT2D eigenvalue weighted by Crippen LogP contribution is 2.41. The minimum absolute atomic E-state index is 0.102. The van der Waals surface area contributed by atoms with E-state index in [1.165, 1.54) is 6.07 Å². The molecule has 1 N–H and O–H groups in total. The maximum absolute atomic E-state index is 12.0. The maximum atomic E-state index is 12.0. The largest absolute Gasteiger partial charge is 0.268 e. The van der Waals surface area contributed by atoms with Gasteiger partial charge in [0, 0.05) is 0 Å². The summed E-state index contributed by atoms with van der Waals surface area (Å²) in [5, 5.41) is 9.27. The number of nitrogens with zero attached hydrogens (tertiary/aromatic N) is 1. The molecule has 1 aliphatic rings. The van der Waals surface area contributed by atoms with E-state index in [4.69, 9.17) is 16.9 Å². The number of halogens is 1. The van der Waals surface area contributed by atoms with Crippen molar-refractivity contribution >= 4 is 27.5 Å². The fourth-order valence-corrected chi connectivity index (χ4v) is 4.16. The number of nitrogens with one attached hydrogen (secondary N) is 1. The Balaban J connectivity index is 2.13. The molecule has 7 heteroatoms. The zero-order chi connectivity index (χ0) is 15.7. The van der Waals surface area contributed by atoms with Gasteiger partial charge in [0.2, 0.25) is 10.0 Å². The molecule has 0 aliphatic heterocycles. The molecule has 0 atom stereocenters. The molecule has 21 heavy (non-hydrogen) atoms. The number of carbonyl (C=O) groups excluding carboxylic acids is 1. The second kappa shape index (κ2) is 5.66. The van der Waals surface area contributed by atoms with Gasteiger partial charge in [0.1, 0.15) is 0 Å². The third kappa shape index (κ3) is 3.55. The highest BCUT2D eigenvalue weighted by Gasteiger charge is 2.42. The molecule has 0 unspecified atom stereocenters. The molecule has 0 aromatic heterocycles. The summed E-state index contributed by atoms with van der Waals surface area (Å²) in [6, 6.07) is 6.79. The minimum Gasteiger partial charge on any atom is -0.268 e. The zero-order valence-corrected chi connectivity index (χ0v) is 13.1. The number of nitriles is 1. The molecule has 5 nitrogen and oxygen atoms in total. The standard InChI is InChI=1S/C14H15ClN2O3S/c1-10-3-4-11(12(15)7-10)13(18)17-21(19,20)9-14(8-16)5-2-6-14/h3-4,7H,2,5-6,9H2,1H3,(H,17,18). The van der Waals surface area contributed by atoms with E-state index in [-0.39, 0.29) is 16.3 Å². The van der Waals surface area contributed by atoms with Gasteiger partial charge in [0.05, 0.1) is 27.8 Å². The monoisotopic (exact) mass is 326 g/mol. The van der Waals surface area contributed by atoms with Crippen molar-refractivity contribution in [2.75, 3.05) is 5.75 Å². The van der Waals surface area contributed by atoms with E-state index < -0.39 is 21.3 Å². The number of benzene rings is 1. The average Bonchev–Trinajstić information content (AvgIpc) is 2.33. The first-order valence-corrected chi connectivity index (χ1v) is 8.52. The van der Waals surface area contributed by atoms with E-state index >= 15 is 0 Å². The molecular weight excluding hydrogens is 312 g/mol. The van der Waals surface area contributed by atoms with Gasteiger partial charge >= 0.3 is 0 Å². The summed E-state index contributed by atoms with van der Waals surface area (Å²) in [7, 11) is -3.87. The first kappa shape index (κ1) is 15.8. The van der Waals surface area contributed by atoms with Crippen LogP contribution in [0.3, 0.4) is 0 Å². The van der Waals surface area contributed by atoms with Crippen molar-refractivity contribution < 1.29 is 13.2 Å². The molecule has 1 fully saturated rings. The molecule has 0 radical (unpaired) electrons. The molecule has 112 valence electrons. The lowest BCUT2D eigenvalue weighted by Gasteiger charge is -2.34. The Labute approximate surface area is 129 Å². The first-order chi connectivity index (χ1) is 9.77. The lowest BCUT2D eigenvalue weighted by atomic mass is 9.72. The number of carbonyl (C=O) groups is 1. The Morgan fingerprint density at radius 1 is 1.48 bits per heavy atom. The van der Waals surface area contributed by atoms with Gasteiger partial charge in [0.15, 0.2) is 0 Å². The van der Waals surface area contributed by atoms with Gasteiger partial charge in [-0.2, -0.15) is 5.26 Å². The molecule has 0 saturated heterocycles. The van der Waals surface area contributed by atoms with Crippen molar-refractivity contribution in [3.05, 3.63) is 34.3 Å². The predicted molar refractivity (Wildman–Crippen MR) is 79.3 cm³/mol. The lowest BCUT2D eigenvalue weighted by Crippen LogP contribution is -2.42. The zero-order valence-electron chi connectivity index (χ0n) is 11.5. The van der Waals surface area contributed by atoms with Crippen molar-refractivity contribution in [1.82, 2.24) is 4.72 Å². The van der Waals surface area contributed by atoms with E-state index in [1.54, 1.807) is 12.1 Å². The maximum Gasteiger partial charge on any atom is 0.266 e. The Morgan fingerprint density at radius 3 is 2.62 bits per heavy atom. The Kier molecular flexibility index (Phi) is 4.26. The molecule has 2 rings (SSSR count). The second-order valence-electron chi connectivity index (χ2n) is 5.42. The van der Waals surface area contributed by atoms with Crippen LogP contribution >= 0.6 is 11.6 Å². The molecule has 0 bridgehead atoms. The highest BCUT2D eigenvalue weighted by molar-refractivity contribution is 7.90. The predicted octanol–water partition coefficient (Wildman–Crippen LogP) is 2.40. The van der Waals surface area contributed by atoms with Crippen LogP contribution in [-0.2, 0) is 10.0 Å². The Morgan fingerprint density at radius 2 is 2.14 bits per heavy atom.